The summed E-state index contributed by atoms with van der Waals surface area (Å²) in [4.78, 5) is 27.3. The fourth-order valence-electron chi connectivity index (χ4n) is 5.64. The molecule has 1 aromatic heterocycles. The van der Waals surface area contributed by atoms with Crippen LogP contribution in [0.2, 0.25) is 0 Å². The van der Waals surface area contributed by atoms with E-state index in [1.54, 1.807) is 24.4 Å². The number of fused-ring (bicyclic) bond motifs is 1. The second-order valence-electron chi connectivity index (χ2n) is 10.1. The topological polar surface area (TPSA) is 111 Å². The number of aliphatic hydroxyl groups is 2. The summed E-state index contributed by atoms with van der Waals surface area (Å²) in [6, 6.07) is 3.70. The summed E-state index contributed by atoms with van der Waals surface area (Å²) in [5.74, 6) is 0.181. The van der Waals surface area contributed by atoms with Crippen LogP contribution in [0.5, 0.6) is 0 Å². The first-order valence-electron chi connectivity index (χ1n) is 12.7. The second-order valence-corrected chi connectivity index (χ2v) is 10.1. The van der Waals surface area contributed by atoms with Crippen molar-refractivity contribution < 1.29 is 24.9 Å². The zero-order valence-corrected chi connectivity index (χ0v) is 20.9. The lowest BCUT2D eigenvalue weighted by Crippen LogP contribution is -2.35. The number of aromatic amines is 1. The zero-order chi connectivity index (χ0) is 25.5. The Labute approximate surface area is 208 Å². The van der Waals surface area contributed by atoms with Crippen molar-refractivity contribution in [3.63, 3.8) is 0 Å². The summed E-state index contributed by atoms with van der Waals surface area (Å²) in [5, 5.41) is 29.5. The monoisotopic (exact) mass is 481 g/mol. The van der Waals surface area contributed by atoms with Gasteiger partial charge >= 0.3 is 5.97 Å². The standard InChI is InChI=1S/C29H39NO5/c1-4-20(28(34)19(3)8-5-6-9-22(31)17-26(32)33)16-21-12-14-23-18(2)11-13-24(23)27(21)29(35)25-10-7-15-30-25/h5-8,10,12,14-16,18,21-24,27-28,30-31,34H,4,9,11,13,17H2,1-3H3,(H,32,33)/b6-5+,19-8+,20-16+/t18-,21-,22?,23+,24+,27+,28?/m0/s1. The van der Waals surface area contributed by atoms with Crippen LogP contribution in [-0.2, 0) is 4.79 Å². The Morgan fingerprint density at radius 2 is 2.00 bits per heavy atom. The number of carbonyl (C=O) groups excluding carboxylic acids is 1. The van der Waals surface area contributed by atoms with E-state index in [0.717, 1.165) is 24.0 Å². The lowest BCUT2D eigenvalue weighted by Gasteiger charge is -2.36. The number of hydrogen-bond donors (Lipinski definition) is 4. The molecule has 0 bridgehead atoms. The van der Waals surface area contributed by atoms with E-state index in [1.807, 2.05) is 26.0 Å². The Morgan fingerprint density at radius 3 is 2.66 bits per heavy atom. The first-order valence-corrected chi connectivity index (χ1v) is 12.7. The summed E-state index contributed by atoms with van der Waals surface area (Å²) < 4.78 is 0. The number of aliphatic hydroxyl groups excluding tert-OH is 2. The molecule has 1 fully saturated rings. The molecule has 2 aliphatic rings. The van der Waals surface area contributed by atoms with Crippen molar-refractivity contribution in [1.29, 1.82) is 0 Å². The van der Waals surface area contributed by atoms with Crippen molar-refractivity contribution in [2.75, 3.05) is 0 Å². The number of nitrogens with one attached hydrogen (secondary N) is 1. The molecule has 1 aromatic rings. The quantitative estimate of drug-likeness (QED) is 0.200. The number of ketones is 1. The van der Waals surface area contributed by atoms with Gasteiger partial charge in [-0.2, -0.15) is 0 Å². The number of carbonyl (C=O) groups is 2. The first kappa shape index (κ1) is 26.9. The number of aliphatic carboxylic acids is 1. The van der Waals surface area contributed by atoms with Crippen LogP contribution in [0.25, 0.3) is 0 Å². The Balaban J connectivity index is 1.79. The summed E-state index contributed by atoms with van der Waals surface area (Å²) >= 11 is 0. The Kier molecular flexibility index (Phi) is 9.47. The third-order valence-corrected chi connectivity index (χ3v) is 7.62. The first-order chi connectivity index (χ1) is 16.7. The number of aromatic nitrogens is 1. The largest absolute Gasteiger partial charge is 0.481 e. The Hall–Kier alpha value is -2.70. The van der Waals surface area contributed by atoms with Gasteiger partial charge in [-0.15, -0.1) is 0 Å². The van der Waals surface area contributed by atoms with Gasteiger partial charge in [0.2, 0.25) is 0 Å². The molecular formula is C29H39NO5. The van der Waals surface area contributed by atoms with Gasteiger partial charge in [-0.1, -0.05) is 50.3 Å². The normalized spacial score (nSPS) is 28.8. The molecule has 0 radical (unpaired) electrons. The van der Waals surface area contributed by atoms with Gasteiger partial charge in [-0.05, 0) is 73.6 Å². The number of Topliss-reactive ketones (excluding diaryl/α,β-unsaturated/α-hetero) is 1. The van der Waals surface area contributed by atoms with E-state index >= 15 is 0 Å². The number of rotatable bonds is 11. The molecule has 0 aliphatic heterocycles. The lowest BCUT2D eigenvalue weighted by molar-refractivity contribution is -0.139. The molecule has 35 heavy (non-hydrogen) atoms. The fraction of sp³-hybridized carbons (Fsp3) is 0.517. The molecule has 2 aliphatic carbocycles. The van der Waals surface area contributed by atoms with E-state index in [4.69, 9.17) is 5.11 Å². The summed E-state index contributed by atoms with van der Waals surface area (Å²) in [5.41, 5.74) is 2.27. The van der Waals surface area contributed by atoms with E-state index in [2.05, 4.69) is 30.1 Å². The van der Waals surface area contributed by atoms with Crippen molar-refractivity contribution in [1.82, 2.24) is 4.98 Å². The van der Waals surface area contributed by atoms with Crippen molar-refractivity contribution in [3.8, 4) is 0 Å². The van der Waals surface area contributed by atoms with Crippen molar-refractivity contribution in [3.05, 3.63) is 71.6 Å². The molecule has 0 amide bonds. The van der Waals surface area contributed by atoms with Crippen molar-refractivity contribution >= 4 is 11.8 Å². The minimum absolute atomic E-state index is 0.0727. The van der Waals surface area contributed by atoms with Crippen LogP contribution >= 0.6 is 0 Å². The molecule has 4 N–H and O–H groups in total. The molecule has 1 heterocycles. The smallest absolute Gasteiger partial charge is 0.305 e. The molecule has 7 atom stereocenters. The maximum absolute atomic E-state index is 13.6. The van der Waals surface area contributed by atoms with Gasteiger partial charge in [0.1, 0.15) is 0 Å². The highest BCUT2D eigenvalue weighted by Crippen LogP contribution is 2.49. The summed E-state index contributed by atoms with van der Waals surface area (Å²) in [6.07, 6.45) is 14.6. The van der Waals surface area contributed by atoms with E-state index in [0.29, 0.717) is 29.9 Å². The number of hydrogen-bond acceptors (Lipinski definition) is 4. The third kappa shape index (κ3) is 6.71. The molecule has 3 rings (SSSR count). The highest BCUT2D eigenvalue weighted by Gasteiger charge is 2.45. The third-order valence-electron chi connectivity index (χ3n) is 7.62. The minimum atomic E-state index is -1.03. The highest BCUT2D eigenvalue weighted by atomic mass is 16.4. The van der Waals surface area contributed by atoms with E-state index in [1.165, 1.54) is 0 Å². The van der Waals surface area contributed by atoms with Crippen molar-refractivity contribution in [2.45, 2.75) is 65.1 Å². The molecule has 190 valence electrons. The molecule has 1 saturated carbocycles. The molecule has 6 nitrogen and oxygen atoms in total. The van der Waals surface area contributed by atoms with Crippen LogP contribution in [0.4, 0.5) is 0 Å². The fourth-order valence-corrected chi connectivity index (χ4v) is 5.64. The van der Waals surface area contributed by atoms with Crippen LogP contribution in [0.1, 0.15) is 63.4 Å². The van der Waals surface area contributed by atoms with E-state index in [-0.39, 0.29) is 30.5 Å². The summed E-state index contributed by atoms with van der Waals surface area (Å²) in [6.45, 7) is 6.12. The number of carboxylic acids is 1. The average molecular weight is 482 g/mol. The molecule has 0 saturated heterocycles. The SMILES string of the molecule is CC/C(=C\[C@@H]1C=C[C@H]2[C@@H](CC[C@@H]2C)[C@@H]1C(=O)c1ccc[nH]1)C(O)/C(C)=C/C=C/CC(O)CC(=O)O. The average Bonchev–Trinajstić information content (AvgIpc) is 3.49. The van der Waals surface area contributed by atoms with Crippen LogP contribution in [0, 0.1) is 29.6 Å². The van der Waals surface area contributed by atoms with Crippen LogP contribution in [-0.4, -0.2) is 44.3 Å². The van der Waals surface area contributed by atoms with Gasteiger partial charge in [0.25, 0.3) is 0 Å². The van der Waals surface area contributed by atoms with Gasteiger partial charge in [-0.25, -0.2) is 0 Å². The van der Waals surface area contributed by atoms with Crippen molar-refractivity contribution in [2.24, 2.45) is 29.6 Å². The summed E-state index contributed by atoms with van der Waals surface area (Å²) in [7, 11) is 0. The predicted octanol–water partition coefficient (Wildman–Crippen LogP) is 5.09. The van der Waals surface area contributed by atoms with Gasteiger partial charge in [0, 0.05) is 18.0 Å². The highest BCUT2D eigenvalue weighted by molar-refractivity contribution is 5.97. The van der Waals surface area contributed by atoms with E-state index in [9.17, 15) is 19.8 Å². The van der Waals surface area contributed by atoms with Gasteiger partial charge in [0.05, 0.1) is 24.3 Å². The number of carboxylic acid groups (broad SMARTS) is 1. The van der Waals surface area contributed by atoms with Gasteiger partial charge < -0.3 is 20.3 Å². The lowest BCUT2D eigenvalue weighted by atomic mass is 9.67. The molecule has 0 aromatic carbocycles. The van der Waals surface area contributed by atoms with Crippen LogP contribution in [0.15, 0.2) is 65.9 Å². The second kappa shape index (κ2) is 12.3. The minimum Gasteiger partial charge on any atom is -0.481 e. The molecular weight excluding hydrogens is 442 g/mol. The van der Waals surface area contributed by atoms with Gasteiger partial charge in [-0.3, -0.25) is 9.59 Å². The Bertz CT molecular complexity index is 987. The maximum atomic E-state index is 13.6. The molecule has 6 heteroatoms. The van der Waals surface area contributed by atoms with Crippen LogP contribution in [0.3, 0.4) is 0 Å². The zero-order valence-electron chi connectivity index (χ0n) is 20.9. The van der Waals surface area contributed by atoms with Crippen LogP contribution < -0.4 is 0 Å². The molecule has 2 unspecified atom stereocenters. The Morgan fingerprint density at radius 1 is 1.23 bits per heavy atom. The number of H-pyrrole nitrogens is 1. The predicted molar refractivity (Wildman–Crippen MR) is 137 cm³/mol. The number of allylic oxidation sites excluding steroid dienone is 5. The molecule has 0 spiro atoms. The van der Waals surface area contributed by atoms with E-state index < -0.39 is 18.2 Å². The maximum Gasteiger partial charge on any atom is 0.305 e. The van der Waals surface area contributed by atoms with Gasteiger partial charge in [0.15, 0.2) is 5.78 Å².